The number of hydrogen-bond acceptors (Lipinski definition) is 4. The third-order valence-corrected chi connectivity index (χ3v) is 4.03. The molecule has 0 heterocycles. The Balaban J connectivity index is 1.51. The second kappa shape index (κ2) is 9.48. The Morgan fingerprint density at radius 1 is 0.929 bits per heavy atom. The number of rotatable bonds is 6. The minimum absolute atomic E-state index is 0.198. The standard InChI is InChI=1S/C22H17ClN2O3/c23-19-10-8-18(9-11-19)22(27)28-20-12-6-17(7-13-20)15-24-25-21(26)14-16-4-2-1-3-5-16/h1-13,15H,14H2,(H,25,26)/b24-15-. The van der Waals surface area contributed by atoms with E-state index in [0.29, 0.717) is 16.3 Å². The van der Waals surface area contributed by atoms with E-state index in [-0.39, 0.29) is 12.3 Å². The first-order valence-corrected chi connectivity index (χ1v) is 8.91. The fraction of sp³-hybridized carbons (Fsp3) is 0.0455. The minimum Gasteiger partial charge on any atom is -0.423 e. The van der Waals surface area contributed by atoms with Crippen LogP contribution >= 0.6 is 11.6 Å². The summed E-state index contributed by atoms with van der Waals surface area (Å²) in [7, 11) is 0. The normalized spacial score (nSPS) is 10.6. The Bertz CT molecular complexity index is 969. The van der Waals surface area contributed by atoms with Crippen LogP contribution in [0, 0.1) is 0 Å². The Morgan fingerprint density at radius 3 is 2.29 bits per heavy atom. The molecule has 1 N–H and O–H groups in total. The molecular weight excluding hydrogens is 376 g/mol. The highest BCUT2D eigenvalue weighted by molar-refractivity contribution is 6.30. The molecule has 1 amide bonds. The predicted octanol–water partition coefficient (Wildman–Crippen LogP) is 4.25. The Hall–Kier alpha value is -3.44. The maximum atomic E-state index is 12.1. The lowest BCUT2D eigenvalue weighted by atomic mass is 10.1. The van der Waals surface area contributed by atoms with Crippen LogP contribution in [0.25, 0.3) is 0 Å². The van der Waals surface area contributed by atoms with E-state index in [2.05, 4.69) is 10.5 Å². The molecule has 0 saturated carbocycles. The molecule has 5 nitrogen and oxygen atoms in total. The van der Waals surface area contributed by atoms with Gasteiger partial charge in [0.25, 0.3) is 0 Å². The van der Waals surface area contributed by atoms with Gasteiger partial charge in [0.05, 0.1) is 18.2 Å². The highest BCUT2D eigenvalue weighted by atomic mass is 35.5. The number of carbonyl (C=O) groups is 2. The first-order valence-electron chi connectivity index (χ1n) is 8.54. The van der Waals surface area contributed by atoms with Gasteiger partial charge in [-0.05, 0) is 59.7 Å². The van der Waals surface area contributed by atoms with Gasteiger partial charge >= 0.3 is 5.97 Å². The molecular formula is C22H17ClN2O3. The van der Waals surface area contributed by atoms with Crippen molar-refractivity contribution < 1.29 is 14.3 Å². The average molecular weight is 393 g/mol. The van der Waals surface area contributed by atoms with Crippen LogP contribution in [0.15, 0.2) is 84.0 Å². The van der Waals surface area contributed by atoms with Crippen molar-refractivity contribution in [1.82, 2.24) is 5.43 Å². The fourth-order valence-corrected chi connectivity index (χ4v) is 2.50. The molecule has 6 heteroatoms. The summed E-state index contributed by atoms with van der Waals surface area (Å²) < 4.78 is 5.31. The summed E-state index contributed by atoms with van der Waals surface area (Å²) >= 11 is 5.80. The van der Waals surface area contributed by atoms with Gasteiger partial charge in [0.2, 0.25) is 5.91 Å². The summed E-state index contributed by atoms with van der Waals surface area (Å²) in [5.41, 5.74) is 4.57. The lowest BCUT2D eigenvalue weighted by Crippen LogP contribution is -2.19. The second-order valence-electron chi connectivity index (χ2n) is 5.92. The van der Waals surface area contributed by atoms with Crippen molar-refractivity contribution in [3.05, 3.63) is 101 Å². The Kier molecular flexibility index (Phi) is 6.54. The second-order valence-corrected chi connectivity index (χ2v) is 6.36. The number of benzene rings is 3. The number of esters is 1. The Labute approximate surface area is 167 Å². The zero-order chi connectivity index (χ0) is 19.8. The van der Waals surface area contributed by atoms with Crippen molar-refractivity contribution in [3.8, 4) is 5.75 Å². The van der Waals surface area contributed by atoms with Crippen LogP contribution in [0.5, 0.6) is 5.75 Å². The summed E-state index contributed by atoms with van der Waals surface area (Å²) in [4.78, 5) is 23.9. The van der Waals surface area contributed by atoms with Crippen molar-refractivity contribution in [2.24, 2.45) is 5.10 Å². The molecule has 0 aliphatic heterocycles. The summed E-state index contributed by atoms with van der Waals surface area (Å²) in [6.45, 7) is 0. The van der Waals surface area contributed by atoms with E-state index in [1.54, 1.807) is 48.5 Å². The van der Waals surface area contributed by atoms with Crippen LogP contribution in [0.2, 0.25) is 5.02 Å². The van der Waals surface area contributed by atoms with E-state index in [9.17, 15) is 9.59 Å². The topological polar surface area (TPSA) is 67.8 Å². The van der Waals surface area contributed by atoms with Gasteiger partial charge in [-0.2, -0.15) is 5.10 Å². The van der Waals surface area contributed by atoms with Crippen molar-refractivity contribution >= 4 is 29.7 Å². The number of carbonyl (C=O) groups excluding carboxylic acids is 2. The zero-order valence-corrected chi connectivity index (χ0v) is 15.6. The zero-order valence-electron chi connectivity index (χ0n) is 14.8. The molecule has 0 aromatic heterocycles. The molecule has 0 spiro atoms. The van der Waals surface area contributed by atoms with Gasteiger partial charge in [0.1, 0.15) is 5.75 Å². The van der Waals surface area contributed by atoms with Gasteiger partial charge in [0, 0.05) is 5.02 Å². The molecule has 0 fully saturated rings. The first kappa shape index (κ1) is 19.3. The number of hydrazone groups is 1. The van der Waals surface area contributed by atoms with E-state index >= 15 is 0 Å². The summed E-state index contributed by atoms with van der Waals surface area (Å²) in [5, 5.41) is 4.49. The highest BCUT2D eigenvalue weighted by Crippen LogP contribution is 2.15. The number of hydrogen-bond donors (Lipinski definition) is 1. The van der Waals surface area contributed by atoms with Gasteiger partial charge < -0.3 is 4.74 Å². The predicted molar refractivity (Wildman–Crippen MR) is 109 cm³/mol. The van der Waals surface area contributed by atoms with Gasteiger partial charge in [-0.15, -0.1) is 0 Å². The molecule has 140 valence electrons. The fourth-order valence-electron chi connectivity index (χ4n) is 2.37. The maximum absolute atomic E-state index is 12.1. The van der Waals surface area contributed by atoms with Crippen molar-refractivity contribution in [1.29, 1.82) is 0 Å². The molecule has 0 atom stereocenters. The van der Waals surface area contributed by atoms with Crippen LogP contribution in [0.4, 0.5) is 0 Å². The van der Waals surface area contributed by atoms with Crippen molar-refractivity contribution in [2.75, 3.05) is 0 Å². The molecule has 0 saturated heterocycles. The lowest BCUT2D eigenvalue weighted by Gasteiger charge is -2.05. The molecule has 3 rings (SSSR count). The van der Waals surface area contributed by atoms with Gasteiger partial charge in [-0.3, -0.25) is 4.79 Å². The summed E-state index contributed by atoms with van der Waals surface area (Å²) in [6, 6.07) is 22.7. The number of amides is 1. The molecule has 3 aromatic carbocycles. The van der Waals surface area contributed by atoms with E-state index in [1.807, 2.05) is 30.3 Å². The molecule has 0 unspecified atom stereocenters. The number of nitrogens with zero attached hydrogens (tertiary/aromatic N) is 1. The van der Waals surface area contributed by atoms with Gasteiger partial charge in [-0.25, -0.2) is 10.2 Å². The molecule has 0 radical (unpaired) electrons. The van der Waals surface area contributed by atoms with Gasteiger partial charge in [0.15, 0.2) is 0 Å². The summed E-state index contributed by atoms with van der Waals surface area (Å²) in [6.07, 6.45) is 1.78. The van der Waals surface area contributed by atoms with E-state index in [0.717, 1.165) is 11.1 Å². The monoisotopic (exact) mass is 392 g/mol. The first-order chi connectivity index (χ1) is 13.6. The number of nitrogens with one attached hydrogen (secondary N) is 1. The van der Waals surface area contributed by atoms with Crippen LogP contribution in [0.3, 0.4) is 0 Å². The summed E-state index contributed by atoms with van der Waals surface area (Å²) in [5.74, 6) is -0.257. The minimum atomic E-state index is -0.466. The molecule has 0 bridgehead atoms. The van der Waals surface area contributed by atoms with Crippen LogP contribution in [0.1, 0.15) is 21.5 Å². The molecule has 3 aromatic rings. The van der Waals surface area contributed by atoms with Crippen molar-refractivity contribution in [2.45, 2.75) is 6.42 Å². The smallest absolute Gasteiger partial charge is 0.343 e. The highest BCUT2D eigenvalue weighted by Gasteiger charge is 2.08. The number of halogens is 1. The van der Waals surface area contributed by atoms with Crippen LogP contribution in [-0.2, 0) is 11.2 Å². The third kappa shape index (κ3) is 5.79. The molecule has 0 aliphatic rings. The quantitative estimate of drug-likeness (QED) is 0.295. The maximum Gasteiger partial charge on any atom is 0.343 e. The third-order valence-electron chi connectivity index (χ3n) is 3.78. The van der Waals surface area contributed by atoms with Crippen LogP contribution in [-0.4, -0.2) is 18.1 Å². The Morgan fingerprint density at radius 2 is 1.61 bits per heavy atom. The number of ether oxygens (including phenoxy) is 1. The van der Waals surface area contributed by atoms with Gasteiger partial charge in [-0.1, -0.05) is 41.9 Å². The van der Waals surface area contributed by atoms with Crippen molar-refractivity contribution in [3.63, 3.8) is 0 Å². The largest absolute Gasteiger partial charge is 0.423 e. The lowest BCUT2D eigenvalue weighted by molar-refractivity contribution is -0.120. The van der Waals surface area contributed by atoms with E-state index in [4.69, 9.17) is 16.3 Å². The molecule has 0 aliphatic carbocycles. The van der Waals surface area contributed by atoms with E-state index < -0.39 is 5.97 Å². The SMILES string of the molecule is O=C(Cc1ccccc1)N/N=C\c1ccc(OC(=O)c2ccc(Cl)cc2)cc1. The van der Waals surface area contributed by atoms with Crippen LogP contribution < -0.4 is 10.2 Å². The molecule has 28 heavy (non-hydrogen) atoms. The van der Waals surface area contributed by atoms with E-state index in [1.165, 1.54) is 6.21 Å². The average Bonchev–Trinajstić information content (AvgIpc) is 2.70.